The van der Waals surface area contributed by atoms with Gasteiger partial charge in [-0.1, -0.05) is 109 Å². The van der Waals surface area contributed by atoms with Gasteiger partial charge in [0.15, 0.2) is 0 Å². The minimum absolute atomic E-state index is 0.156. The minimum Gasteiger partial charge on any atom is -0.456 e. The molecule has 0 heterocycles. The topological polar surface area (TPSA) is 54.0 Å². The molecule has 1 fully saturated rings. The summed E-state index contributed by atoms with van der Waals surface area (Å²) in [5, 5.41) is 0. The summed E-state index contributed by atoms with van der Waals surface area (Å²) in [6.45, 7) is 1.30. The summed E-state index contributed by atoms with van der Waals surface area (Å²) >= 11 is 0. The van der Waals surface area contributed by atoms with E-state index in [9.17, 15) is 4.79 Å². The Bertz CT molecular complexity index is 1260. The molecule has 1 saturated carbocycles. The van der Waals surface area contributed by atoms with E-state index in [2.05, 4.69) is 0 Å². The number of carbonyl (C=O) groups is 1. The van der Waals surface area contributed by atoms with Crippen molar-refractivity contribution in [2.24, 2.45) is 0 Å². The molecule has 0 saturated heterocycles. The molecule has 0 aromatic heterocycles. The zero-order valence-corrected chi connectivity index (χ0v) is 21.9. The average molecular weight is 523 g/mol. The van der Waals surface area contributed by atoms with Gasteiger partial charge in [0.05, 0.1) is 37.6 Å². The zero-order valence-electron chi connectivity index (χ0n) is 21.9. The van der Waals surface area contributed by atoms with Crippen molar-refractivity contribution in [3.63, 3.8) is 0 Å². The zero-order chi connectivity index (χ0) is 26.7. The maximum atomic E-state index is 13.1. The number of benzene rings is 4. The van der Waals surface area contributed by atoms with Gasteiger partial charge in [-0.15, -0.1) is 0 Å². The van der Waals surface area contributed by atoms with E-state index in [1.807, 2.05) is 109 Å². The lowest BCUT2D eigenvalue weighted by atomic mass is 9.88. The fraction of sp³-hybridized carbons (Fsp3) is 0.265. The number of esters is 1. The number of carbonyl (C=O) groups excluding carboxylic acids is 1. The molecule has 4 aromatic carbocycles. The Hall–Kier alpha value is -3.77. The summed E-state index contributed by atoms with van der Waals surface area (Å²) < 4.78 is 25.4. The van der Waals surface area contributed by atoms with Crippen LogP contribution in [0.2, 0.25) is 0 Å². The molecule has 0 aliphatic heterocycles. The highest BCUT2D eigenvalue weighted by molar-refractivity contribution is 5.89. The van der Waals surface area contributed by atoms with Crippen LogP contribution in [0.4, 0.5) is 0 Å². The summed E-state index contributed by atoms with van der Waals surface area (Å²) in [5.74, 6) is -0.376. The highest BCUT2D eigenvalue weighted by atomic mass is 16.6. The number of rotatable bonds is 11. The molecule has 0 N–H and O–H groups in total. The van der Waals surface area contributed by atoms with Crippen molar-refractivity contribution in [3.05, 3.63) is 144 Å². The summed E-state index contributed by atoms with van der Waals surface area (Å²) in [4.78, 5) is 13.1. The molecular formula is C34H34O5. The Labute approximate surface area is 230 Å². The van der Waals surface area contributed by atoms with Gasteiger partial charge in [0, 0.05) is 12.8 Å². The van der Waals surface area contributed by atoms with Crippen LogP contribution in [0.3, 0.4) is 0 Å². The lowest BCUT2D eigenvalue weighted by Gasteiger charge is -2.40. The van der Waals surface area contributed by atoms with Gasteiger partial charge in [0.2, 0.25) is 0 Å². The summed E-state index contributed by atoms with van der Waals surface area (Å²) in [5.41, 5.74) is 3.73. The first-order valence-corrected chi connectivity index (χ1v) is 13.5. The van der Waals surface area contributed by atoms with E-state index in [0.29, 0.717) is 38.2 Å². The molecule has 0 unspecified atom stereocenters. The van der Waals surface area contributed by atoms with Gasteiger partial charge in [0.25, 0.3) is 0 Å². The predicted octanol–water partition coefficient (Wildman–Crippen LogP) is 6.76. The largest absolute Gasteiger partial charge is 0.456 e. The first kappa shape index (κ1) is 26.8. The standard InChI is InChI=1S/C34H34O5/c35-34(29-19-11-4-12-20-29)39-32-22-30(36-23-26-13-5-1-6-14-26)21-31(37-24-27-15-7-2-8-16-27)33(32)38-25-28-17-9-3-10-18-28/h1-20,30-33H,21-25H2/t30-,31+,32+,33-/m1/s1. The fourth-order valence-electron chi connectivity index (χ4n) is 4.86. The van der Waals surface area contributed by atoms with Gasteiger partial charge in [0.1, 0.15) is 12.2 Å². The maximum Gasteiger partial charge on any atom is 0.338 e. The van der Waals surface area contributed by atoms with E-state index >= 15 is 0 Å². The molecule has 5 nitrogen and oxygen atoms in total. The molecule has 4 aromatic rings. The average Bonchev–Trinajstić information content (AvgIpc) is 3.00. The van der Waals surface area contributed by atoms with E-state index in [-0.39, 0.29) is 18.2 Å². The van der Waals surface area contributed by atoms with E-state index < -0.39 is 12.2 Å². The van der Waals surface area contributed by atoms with Gasteiger partial charge in [-0.2, -0.15) is 0 Å². The molecular weight excluding hydrogens is 488 g/mol. The monoisotopic (exact) mass is 522 g/mol. The maximum absolute atomic E-state index is 13.1. The normalized spacial score (nSPS) is 20.8. The van der Waals surface area contributed by atoms with Crippen LogP contribution >= 0.6 is 0 Å². The highest BCUT2D eigenvalue weighted by Crippen LogP contribution is 2.31. The molecule has 5 heteroatoms. The van der Waals surface area contributed by atoms with Gasteiger partial charge in [-0.25, -0.2) is 4.79 Å². The first-order chi connectivity index (χ1) is 19.2. The minimum atomic E-state index is -0.531. The second kappa shape index (κ2) is 13.9. The van der Waals surface area contributed by atoms with Crippen LogP contribution in [-0.4, -0.2) is 30.4 Å². The van der Waals surface area contributed by atoms with Crippen LogP contribution in [0.1, 0.15) is 39.9 Å². The van der Waals surface area contributed by atoms with Gasteiger partial charge >= 0.3 is 5.97 Å². The Morgan fingerprint density at radius 3 is 1.51 bits per heavy atom. The van der Waals surface area contributed by atoms with E-state index in [1.54, 1.807) is 12.1 Å². The first-order valence-electron chi connectivity index (χ1n) is 13.5. The fourth-order valence-corrected chi connectivity index (χ4v) is 4.86. The third kappa shape index (κ3) is 7.87. The summed E-state index contributed by atoms with van der Waals surface area (Å²) in [6, 6.07) is 39.2. The molecule has 200 valence electrons. The lowest BCUT2D eigenvalue weighted by molar-refractivity contribution is -0.181. The molecule has 0 bridgehead atoms. The van der Waals surface area contributed by atoms with Crippen LogP contribution in [0.15, 0.2) is 121 Å². The molecule has 4 atom stereocenters. The quantitative estimate of drug-likeness (QED) is 0.204. The number of ether oxygens (including phenoxy) is 4. The lowest BCUT2D eigenvalue weighted by Crippen LogP contribution is -2.51. The Balaban J connectivity index is 1.36. The van der Waals surface area contributed by atoms with Crippen LogP contribution in [0, 0.1) is 0 Å². The Morgan fingerprint density at radius 1 is 0.538 bits per heavy atom. The third-order valence-corrected chi connectivity index (χ3v) is 6.91. The second-order valence-electron chi connectivity index (χ2n) is 9.80. The second-order valence-corrected chi connectivity index (χ2v) is 9.80. The third-order valence-electron chi connectivity index (χ3n) is 6.91. The molecule has 0 spiro atoms. The predicted molar refractivity (Wildman–Crippen MR) is 150 cm³/mol. The van der Waals surface area contributed by atoms with Crippen molar-refractivity contribution >= 4 is 5.97 Å². The van der Waals surface area contributed by atoms with Crippen LogP contribution in [0.5, 0.6) is 0 Å². The smallest absolute Gasteiger partial charge is 0.338 e. The number of hydrogen-bond donors (Lipinski definition) is 0. The van der Waals surface area contributed by atoms with Crippen molar-refractivity contribution in [2.45, 2.75) is 57.1 Å². The van der Waals surface area contributed by atoms with Gasteiger partial charge in [-0.05, 0) is 28.8 Å². The van der Waals surface area contributed by atoms with Crippen molar-refractivity contribution < 1.29 is 23.7 Å². The van der Waals surface area contributed by atoms with Crippen LogP contribution in [0.25, 0.3) is 0 Å². The van der Waals surface area contributed by atoms with E-state index in [1.165, 1.54) is 0 Å². The molecule has 5 rings (SSSR count). The van der Waals surface area contributed by atoms with Gasteiger partial charge < -0.3 is 18.9 Å². The van der Waals surface area contributed by atoms with E-state index in [0.717, 1.165) is 16.7 Å². The van der Waals surface area contributed by atoms with Crippen LogP contribution in [-0.2, 0) is 38.8 Å². The van der Waals surface area contributed by atoms with Crippen molar-refractivity contribution in [2.75, 3.05) is 0 Å². The summed E-state index contributed by atoms with van der Waals surface area (Å²) in [6.07, 6.45) is -0.294. The molecule has 39 heavy (non-hydrogen) atoms. The van der Waals surface area contributed by atoms with Crippen molar-refractivity contribution in [1.29, 1.82) is 0 Å². The Morgan fingerprint density at radius 2 is 0.974 bits per heavy atom. The summed E-state index contributed by atoms with van der Waals surface area (Å²) in [7, 11) is 0. The van der Waals surface area contributed by atoms with Crippen LogP contribution < -0.4 is 0 Å². The molecule has 0 radical (unpaired) electrons. The molecule has 1 aliphatic carbocycles. The highest BCUT2D eigenvalue weighted by Gasteiger charge is 2.42. The van der Waals surface area contributed by atoms with Gasteiger partial charge in [-0.3, -0.25) is 0 Å². The molecule has 1 aliphatic rings. The van der Waals surface area contributed by atoms with Crippen molar-refractivity contribution in [3.8, 4) is 0 Å². The van der Waals surface area contributed by atoms with Crippen molar-refractivity contribution in [1.82, 2.24) is 0 Å². The Kier molecular flexibility index (Phi) is 9.53. The number of hydrogen-bond acceptors (Lipinski definition) is 5. The van der Waals surface area contributed by atoms with E-state index in [4.69, 9.17) is 18.9 Å². The SMILES string of the molecule is O=C(O[C@H]1C[C@H](OCc2ccccc2)C[C@H](OCc2ccccc2)[C@H]1OCc1ccccc1)c1ccccc1. The molecule has 0 amide bonds.